The molecule has 1 saturated carbocycles. The molecular weight excluding hydrogens is 235 g/mol. The maximum atomic E-state index is 3.16. The van der Waals surface area contributed by atoms with Gasteiger partial charge in [0, 0.05) is 5.16 Å². The molecule has 1 aliphatic carbocycles. The van der Waals surface area contributed by atoms with Crippen molar-refractivity contribution >= 4 is 9.24 Å². The molecule has 0 aliphatic heterocycles. The lowest BCUT2D eigenvalue weighted by molar-refractivity contribution is 0.182. The Morgan fingerprint density at radius 3 is 1.67 bits per heavy atom. The molecule has 0 saturated heterocycles. The molecule has 0 bridgehead atoms. The van der Waals surface area contributed by atoms with Crippen LogP contribution in [-0.4, -0.2) is 5.16 Å². The highest BCUT2D eigenvalue weighted by Crippen LogP contribution is 2.52. The van der Waals surface area contributed by atoms with E-state index in [2.05, 4.69) is 62.9 Å². The van der Waals surface area contributed by atoms with E-state index in [1.165, 1.54) is 32.1 Å². The van der Waals surface area contributed by atoms with Crippen molar-refractivity contribution in [1.29, 1.82) is 0 Å². The Hall–Kier alpha value is 0.170. The van der Waals surface area contributed by atoms with Crippen LogP contribution >= 0.6 is 9.24 Å². The molecule has 0 aromatic carbocycles. The first-order chi connectivity index (χ1) is 8.08. The molecule has 1 atom stereocenters. The average Bonchev–Trinajstić information content (AvgIpc) is 2.24. The Morgan fingerprint density at radius 1 is 0.833 bits per heavy atom. The van der Waals surface area contributed by atoms with E-state index in [0.29, 0.717) is 0 Å². The third-order valence-corrected chi connectivity index (χ3v) is 6.69. The van der Waals surface area contributed by atoms with Crippen molar-refractivity contribution < 1.29 is 0 Å². The average molecular weight is 268 g/mol. The second-order valence-corrected chi connectivity index (χ2v) is 9.04. The lowest BCUT2D eigenvalue weighted by atomic mass is 9.65. The third kappa shape index (κ3) is 3.60. The highest BCUT2D eigenvalue weighted by Gasteiger charge is 2.44. The van der Waals surface area contributed by atoms with Crippen LogP contribution in [0, 0.1) is 16.7 Å². The maximum Gasteiger partial charge on any atom is 0.0123 e. The normalized spacial score (nSPS) is 20.6. The van der Waals surface area contributed by atoms with Gasteiger partial charge >= 0.3 is 0 Å². The zero-order valence-electron chi connectivity index (χ0n) is 13.3. The molecule has 18 heavy (non-hydrogen) atoms. The molecule has 0 radical (unpaired) electrons. The Labute approximate surface area is 117 Å². The largest absolute Gasteiger partial charge is 0.126 e. The third-order valence-electron chi connectivity index (χ3n) is 4.76. The van der Waals surface area contributed by atoms with Gasteiger partial charge in [0.15, 0.2) is 0 Å². The number of rotatable bonds is 2. The smallest absolute Gasteiger partial charge is 0.0123 e. The fourth-order valence-electron chi connectivity index (χ4n) is 3.24. The molecule has 0 heterocycles. The van der Waals surface area contributed by atoms with Gasteiger partial charge in [-0.05, 0) is 29.6 Å². The van der Waals surface area contributed by atoms with E-state index < -0.39 is 0 Å². The van der Waals surface area contributed by atoms with E-state index in [1.807, 2.05) is 0 Å². The molecule has 0 nitrogen and oxygen atoms in total. The predicted octanol–water partition coefficient (Wildman–Crippen LogP) is 5.83. The van der Waals surface area contributed by atoms with Gasteiger partial charge in [-0.2, -0.15) is 0 Å². The van der Waals surface area contributed by atoms with E-state index in [-0.39, 0.29) is 16.0 Å². The summed E-state index contributed by atoms with van der Waals surface area (Å²) in [6.45, 7) is 14.1. The van der Waals surface area contributed by atoms with Gasteiger partial charge in [-0.1, -0.05) is 73.0 Å². The summed E-state index contributed by atoms with van der Waals surface area (Å²) < 4.78 is 0. The minimum Gasteiger partial charge on any atom is -0.126 e. The van der Waals surface area contributed by atoms with Crippen LogP contribution in [0.15, 0.2) is 12.2 Å². The van der Waals surface area contributed by atoms with Crippen molar-refractivity contribution in [3.63, 3.8) is 0 Å². The molecule has 106 valence electrons. The zero-order valence-corrected chi connectivity index (χ0v) is 14.5. The van der Waals surface area contributed by atoms with Crippen LogP contribution in [0.25, 0.3) is 0 Å². The van der Waals surface area contributed by atoms with Crippen molar-refractivity contribution in [3.8, 4) is 0 Å². The Balaban J connectivity index is 2.89. The van der Waals surface area contributed by atoms with Gasteiger partial charge in [-0.3, -0.25) is 0 Å². The fraction of sp³-hybridized carbons (Fsp3) is 0.882. The summed E-state index contributed by atoms with van der Waals surface area (Å²) in [6.07, 6.45) is 12.1. The Morgan fingerprint density at radius 2 is 1.28 bits per heavy atom. The first-order valence-electron chi connectivity index (χ1n) is 7.56. The Bertz CT molecular complexity index is 268. The maximum absolute atomic E-state index is 3.16. The summed E-state index contributed by atoms with van der Waals surface area (Å²) in [5, 5.41) is 0.164. The highest BCUT2D eigenvalue weighted by atomic mass is 31.0. The molecule has 1 heteroatoms. The van der Waals surface area contributed by atoms with Gasteiger partial charge in [0.05, 0.1) is 0 Å². The van der Waals surface area contributed by atoms with Crippen LogP contribution in [0.2, 0.25) is 0 Å². The second-order valence-electron chi connectivity index (χ2n) is 8.13. The molecule has 1 fully saturated rings. The van der Waals surface area contributed by atoms with Crippen LogP contribution in [0.3, 0.4) is 0 Å². The van der Waals surface area contributed by atoms with E-state index >= 15 is 0 Å². The summed E-state index contributed by atoms with van der Waals surface area (Å²) in [5.74, 6) is 0.823. The number of hydrogen-bond acceptors (Lipinski definition) is 0. The van der Waals surface area contributed by atoms with Gasteiger partial charge < -0.3 is 0 Å². The van der Waals surface area contributed by atoms with E-state index in [1.54, 1.807) is 0 Å². The van der Waals surface area contributed by atoms with Crippen LogP contribution in [0.1, 0.15) is 73.6 Å². The molecular formula is C17H33P. The van der Waals surface area contributed by atoms with Crippen molar-refractivity contribution in [2.24, 2.45) is 16.7 Å². The standard InChI is InChI=1S/C17H33P/c1-15(2,3)17(18,16(4,5)6)13-12-14-10-8-7-9-11-14/h12-14H,7-11,18H2,1-6H3. The summed E-state index contributed by atoms with van der Waals surface area (Å²) in [6, 6.07) is 0. The van der Waals surface area contributed by atoms with E-state index in [4.69, 9.17) is 0 Å². The summed E-state index contributed by atoms with van der Waals surface area (Å²) in [5.41, 5.74) is 0.530. The first-order valence-corrected chi connectivity index (χ1v) is 8.14. The van der Waals surface area contributed by atoms with Crippen molar-refractivity contribution in [3.05, 3.63) is 12.2 Å². The van der Waals surface area contributed by atoms with Crippen molar-refractivity contribution in [1.82, 2.24) is 0 Å². The van der Waals surface area contributed by atoms with E-state index in [9.17, 15) is 0 Å². The summed E-state index contributed by atoms with van der Waals surface area (Å²) >= 11 is 0. The van der Waals surface area contributed by atoms with Gasteiger partial charge in [0.2, 0.25) is 0 Å². The minimum atomic E-state index is 0.164. The van der Waals surface area contributed by atoms with Gasteiger partial charge in [0.25, 0.3) is 0 Å². The molecule has 0 amide bonds. The van der Waals surface area contributed by atoms with Crippen LogP contribution in [0.4, 0.5) is 0 Å². The second kappa shape index (κ2) is 5.66. The van der Waals surface area contributed by atoms with Gasteiger partial charge in [-0.25, -0.2) is 0 Å². The topological polar surface area (TPSA) is 0 Å². The minimum absolute atomic E-state index is 0.164. The van der Waals surface area contributed by atoms with Crippen molar-refractivity contribution in [2.45, 2.75) is 78.8 Å². The highest BCUT2D eigenvalue weighted by molar-refractivity contribution is 7.19. The lowest BCUT2D eigenvalue weighted by Gasteiger charge is -2.49. The quantitative estimate of drug-likeness (QED) is 0.436. The van der Waals surface area contributed by atoms with Crippen LogP contribution in [-0.2, 0) is 0 Å². The summed E-state index contributed by atoms with van der Waals surface area (Å²) in [4.78, 5) is 0. The number of allylic oxidation sites excluding steroid dienone is 2. The van der Waals surface area contributed by atoms with E-state index in [0.717, 1.165) is 5.92 Å². The molecule has 0 aromatic rings. The molecule has 1 aliphatic rings. The van der Waals surface area contributed by atoms with Crippen LogP contribution < -0.4 is 0 Å². The van der Waals surface area contributed by atoms with Crippen molar-refractivity contribution in [2.75, 3.05) is 0 Å². The Kier molecular flexibility index (Phi) is 5.10. The molecule has 0 spiro atoms. The van der Waals surface area contributed by atoms with Gasteiger partial charge in [0.1, 0.15) is 0 Å². The molecule has 0 N–H and O–H groups in total. The predicted molar refractivity (Wildman–Crippen MR) is 87.1 cm³/mol. The monoisotopic (exact) mass is 268 g/mol. The SMILES string of the molecule is CC(C)(C)C(P)(C=CC1CCCCC1)C(C)(C)C. The zero-order chi connectivity index (χ0) is 14.0. The lowest BCUT2D eigenvalue weighted by Crippen LogP contribution is -2.46. The van der Waals surface area contributed by atoms with Crippen LogP contribution in [0.5, 0.6) is 0 Å². The van der Waals surface area contributed by atoms with Gasteiger partial charge in [-0.15, -0.1) is 9.24 Å². The fourth-order valence-corrected chi connectivity index (χ4v) is 3.35. The number of hydrogen-bond donors (Lipinski definition) is 0. The molecule has 0 aromatic heterocycles. The first kappa shape index (κ1) is 16.2. The molecule has 1 unspecified atom stereocenters. The molecule has 1 rings (SSSR count). The summed E-state index contributed by atoms with van der Waals surface area (Å²) in [7, 11) is 3.16.